The molecule has 0 radical (unpaired) electrons. The highest BCUT2D eigenvalue weighted by Gasteiger charge is 2.43. The monoisotopic (exact) mass is 331 g/mol. The first-order chi connectivity index (χ1) is 11.0. The molecule has 1 aromatic carbocycles. The molecular formula is C16H17N3O3S. The lowest BCUT2D eigenvalue weighted by atomic mass is 9.98. The van der Waals surface area contributed by atoms with E-state index in [1.807, 2.05) is 13.0 Å². The third-order valence-corrected chi connectivity index (χ3v) is 5.18. The maximum atomic E-state index is 12.4. The molecule has 1 aliphatic rings. The Balaban J connectivity index is 1.78. The number of carbonyl (C=O) groups excluding carboxylic acids is 1. The summed E-state index contributed by atoms with van der Waals surface area (Å²) in [6.07, 6.45) is 2.16. The molecule has 6 nitrogen and oxygen atoms in total. The number of aliphatic carboxylic acids is 1. The molecule has 2 N–H and O–H groups in total. The number of benzene rings is 1. The number of amides is 1. The fourth-order valence-electron chi connectivity index (χ4n) is 2.57. The van der Waals surface area contributed by atoms with Crippen LogP contribution in [-0.2, 0) is 4.79 Å². The molecule has 7 heteroatoms. The molecule has 3 rings (SSSR count). The summed E-state index contributed by atoms with van der Waals surface area (Å²) in [4.78, 5) is 23.9. The van der Waals surface area contributed by atoms with Gasteiger partial charge < -0.3 is 10.4 Å². The van der Waals surface area contributed by atoms with Crippen LogP contribution in [0.1, 0.15) is 22.5 Å². The van der Waals surface area contributed by atoms with Gasteiger partial charge in [0.1, 0.15) is 5.54 Å². The summed E-state index contributed by atoms with van der Waals surface area (Å²) in [5, 5.41) is 16.3. The zero-order chi connectivity index (χ0) is 16.4. The van der Waals surface area contributed by atoms with Crippen LogP contribution < -0.4 is 5.32 Å². The Bertz CT molecular complexity index is 733. The van der Waals surface area contributed by atoms with E-state index in [-0.39, 0.29) is 5.91 Å². The third-order valence-electron chi connectivity index (χ3n) is 3.99. The van der Waals surface area contributed by atoms with Gasteiger partial charge in [-0.2, -0.15) is 16.9 Å². The average Bonchev–Trinajstić information content (AvgIpc) is 3.17. The summed E-state index contributed by atoms with van der Waals surface area (Å²) >= 11 is 1.54. The lowest BCUT2D eigenvalue weighted by Crippen LogP contribution is -2.54. The van der Waals surface area contributed by atoms with Crippen molar-refractivity contribution < 1.29 is 14.7 Å². The number of hydrogen-bond acceptors (Lipinski definition) is 4. The Kier molecular flexibility index (Phi) is 4.12. The minimum absolute atomic E-state index is 0.362. The van der Waals surface area contributed by atoms with Crippen molar-refractivity contribution in [1.29, 1.82) is 0 Å². The van der Waals surface area contributed by atoms with Crippen molar-refractivity contribution in [3.05, 3.63) is 47.8 Å². The first kappa shape index (κ1) is 15.6. The Hall–Kier alpha value is -2.28. The third kappa shape index (κ3) is 2.96. The van der Waals surface area contributed by atoms with Gasteiger partial charge in [-0.1, -0.05) is 0 Å². The number of carbonyl (C=O) groups is 2. The van der Waals surface area contributed by atoms with Crippen molar-refractivity contribution in [3.8, 4) is 5.69 Å². The highest BCUT2D eigenvalue weighted by molar-refractivity contribution is 7.99. The summed E-state index contributed by atoms with van der Waals surface area (Å²) in [6, 6.07) is 8.86. The van der Waals surface area contributed by atoms with Gasteiger partial charge in [0.2, 0.25) is 0 Å². The maximum Gasteiger partial charge on any atom is 0.330 e. The predicted octanol–water partition coefficient (Wildman–Crippen LogP) is 1.87. The van der Waals surface area contributed by atoms with E-state index >= 15 is 0 Å². The zero-order valence-electron chi connectivity index (χ0n) is 12.7. The molecule has 1 atom stereocenters. The van der Waals surface area contributed by atoms with Crippen molar-refractivity contribution in [2.75, 3.05) is 11.5 Å². The van der Waals surface area contributed by atoms with Gasteiger partial charge in [-0.05, 0) is 49.4 Å². The van der Waals surface area contributed by atoms with Crippen LogP contribution in [0.3, 0.4) is 0 Å². The summed E-state index contributed by atoms with van der Waals surface area (Å²) < 4.78 is 1.77. The first-order valence-electron chi connectivity index (χ1n) is 7.27. The molecule has 0 bridgehead atoms. The number of aromatic nitrogens is 2. The fourth-order valence-corrected chi connectivity index (χ4v) is 3.89. The Labute approximate surface area is 137 Å². The molecule has 0 spiro atoms. The summed E-state index contributed by atoms with van der Waals surface area (Å²) in [7, 11) is 0. The quantitative estimate of drug-likeness (QED) is 0.893. The van der Waals surface area contributed by atoms with E-state index < -0.39 is 11.5 Å². The summed E-state index contributed by atoms with van der Waals surface area (Å²) in [5.41, 5.74) is 1.14. The predicted molar refractivity (Wildman–Crippen MR) is 88.1 cm³/mol. The Morgan fingerprint density at radius 1 is 1.30 bits per heavy atom. The number of carboxylic acids is 1. The van der Waals surface area contributed by atoms with Crippen molar-refractivity contribution in [3.63, 3.8) is 0 Å². The van der Waals surface area contributed by atoms with E-state index in [0.29, 0.717) is 17.7 Å². The van der Waals surface area contributed by atoms with Crippen molar-refractivity contribution in [2.24, 2.45) is 0 Å². The summed E-state index contributed by atoms with van der Waals surface area (Å²) in [5.74, 6) is -0.193. The van der Waals surface area contributed by atoms with Crippen LogP contribution in [0.2, 0.25) is 0 Å². The van der Waals surface area contributed by atoms with Gasteiger partial charge in [0.25, 0.3) is 5.91 Å². The van der Waals surface area contributed by atoms with Gasteiger partial charge in [0, 0.05) is 23.2 Å². The smallest absolute Gasteiger partial charge is 0.330 e. The van der Waals surface area contributed by atoms with Crippen molar-refractivity contribution in [2.45, 2.75) is 18.9 Å². The number of aryl methyl sites for hydroxylation is 1. The molecule has 2 heterocycles. The van der Waals surface area contributed by atoms with Crippen LogP contribution in [-0.4, -0.2) is 43.8 Å². The minimum Gasteiger partial charge on any atom is -0.479 e. The van der Waals surface area contributed by atoms with E-state index in [1.54, 1.807) is 46.9 Å². The number of nitrogens with one attached hydrogen (secondary N) is 1. The lowest BCUT2D eigenvalue weighted by molar-refractivity contribution is -0.143. The standard InChI is InChI=1S/C16H17N3O3S/c1-11-6-8-17-19(11)13-4-2-12(3-5-13)14(20)18-16(15(21)22)7-9-23-10-16/h2-6,8H,7,9-10H2,1H3,(H,18,20)(H,21,22). The molecule has 0 aliphatic carbocycles. The van der Waals surface area contributed by atoms with Gasteiger partial charge >= 0.3 is 5.97 Å². The molecule has 1 aliphatic heterocycles. The van der Waals surface area contributed by atoms with Crippen LogP contribution in [0.5, 0.6) is 0 Å². The topological polar surface area (TPSA) is 84.2 Å². The van der Waals surface area contributed by atoms with Gasteiger partial charge in [-0.15, -0.1) is 0 Å². The molecule has 1 aromatic heterocycles. The Morgan fingerprint density at radius 2 is 2.04 bits per heavy atom. The van der Waals surface area contributed by atoms with Crippen LogP contribution in [0.25, 0.3) is 5.69 Å². The van der Waals surface area contributed by atoms with Crippen LogP contribution in [0.15, 0.2) is 36.5 Å². The second-order valence-electron chi connectivity index (χ2n) is 5.58. The molecular weight excluding hydrogens is 314 g/mol. The molecule has 23 heavy (non-hydrogen) atoms. The number of rotatable bonds is 4. The number of carboxylic acid groups (broad SMARTS) is 1. The van der Waals surface area contributed by atoms with Crippen LogP contribution in [0.4, 0.5) is 0 Å². The second-order valence-corrected chi connectivity index (χ2v) is 6.68. The van der Waals surface area contributed by atoms with E-state index in [4.69, 9.17) is 0 Å². The zero-order valence-corrected chi connectivity index (χ0v) is 13.5. The minimum atomic E-state index is -1.15. The molecule has 1 amide bonds. The molecule has 0 saturated carbocycles. The number of thioether (sulfide) groups is 1. The van der Waals surface area contributed by atoms with Gasteiger partial charge in [-0.3, -0.25) is 4.79 Å². The van der Waals surface area contributed by atoms with Gasteiger partial charge in [-0.25, -0.2) is 9.48 Å². The van der Waals surface area contributed by atoms with Gasteiger partial charge in [0.15, 0.2) is 0 Å². The van der Waals surface area contributed by atoms with E-state index in [1.165, 1.54) is 0 Å². The van der Waals surface area contributed by atoms with E-state index in [0.717, 1.165) is 17.1 Å². The molecule has 1 fully saturated rings. The first-order valence-corrected chi connectivity index (χ1v) is 8.42. The average molecular weight is 331 g/mol. The van der Waals surface area contributed by atoms with E-state index in [2.05, 4.69) is 10.4 Å². The maximum absolute atomic E-state index is 12.4. The fraction of sp³-hybridized carbons (Fsp3) is 0.312. The normalized spacial score (nSPS) is 20.4. The van der Waals surface area contributed by atoms with Crippen LogP contribution in [0, 0.1) is 6.92 Å². The highest BCUT2D eigenvalue weighted by Crippen LogP contribution is 2.28. The Morgan fingerprint density at radius 3 is 2.57 bits per heavy atom. The molecule has 1 unspecified atom stereocenters. The van der Waals surface area contributed by atoms with E-state index in [9.17, 15) is 14.7 Å². The molecule has 2 aromatic rings. The SMILES string of the molecule is Cc1ccnn1-c1ccc(C(=O)NC2(C(=O)O)CCSC2)cc1. The molecule has 1 saturated heterocycles. The largest absolute Gasteiger partial charge is 0.479 e. The number of hydrogen-bond donors (Lipinski definition) is 2. The van der Waals surface area contributed by atoms with Crippen molar-refractivity contribution in [1.82, 2.24) is 15.1 Å². The lowest BCUT2D eigenvalue weighted by Gasteiger charge is -2.24. The molecule has 120 valence electrons. The van der Waals surface area contributed by atoms with Gasteiger partial charge in [0.05, 0.1) is 5.69 Å². The number of nitrogens with zero attached hydrogens (tertiary/aromatic N) is 2. The second kappa shape index (κ2) is 6.08. The highest BCUT2D eigenvalue weighted by atomic mass is 32.2. The van der Waals surface area contributed by atoms with Crippen molar-refractivity contribution >= 4 is 23.6 Å². The summed E-state index contributed by atoms with van der Waals surface area (Å²) in [6.45, 7) is 1.95. The van der Waals surface area contributed by atoms with Crippen LogP contribution >= 0.6 is 11.8 Å².